The van der Waals surface area contributed by atoms with Gasteiger partial charge in [0.2, 0.25) is 0 Å². The molecule has 0 spiro atoms. The van der Waals surface area contributed by atoms with Crippen molar-refractivity contribution in [1.82, 2.24) is 15.5 Å². The number of hydrogen-bond acceptors (Lipinski definition) is 2. The van der Waals surface area contributed by atoms with Gasteiger partial charge in [-0.1, -0.05) is 19.1 Å². The Balaban J connectivity index is 1.51. The molecule has 5 heteroatoms. The van der Waals surface area contributed by atoms with Crippen LogP contribution in [0.2, 0.25) is 0 Å². The zero-order valence-corrected chi connectivity index (χ0v) is 14.7. The van der Waals surface area contributed by atoms with Gasteiger partial charge in [0, 0.05) is 38.3 Å². The number of benzene rings is 1. The maximum Gasteiger partial charge on any atom is 0.253 e. The number of aliphatic imine (C=N–C) groups is 1. The first kappa shape index (κ1) is 16.8. The molecule has 1 aliphatic heterocycles. The summed E-state index contributed by atoms with van der Waals surface area (Å²) in [4.78, 5) is 18.7. The summed E-state index contributed by atoms with van der Waals surface area (Å²) >= 11 is 0. The van der Waals surface area contributed by atoms with E-state index in [0.29, 0.717) is 12.6 Å². The van der Waals surface area contributed by atoms with Crippen molar-refractivity contribution in [1.29, 1.82) is 0 Å². The molecule has 2 unspecified atom stereocenters. The maximum absolute atomic E-state index is 12.5. The molecule has 2 N–H and O–H groups in total. The van der Waals surface area contributed by atoms with E-state index in [-0.39, 0.29) is 5.91 Å². The minimum absolute atomic E-state index is 0.161. The van der Waals surface area contributed by atoms with Crippen LogP contribution in [0, 0.1) is 5.92 Å². The molecule has 1 aliphatic carbocycles. The molecule has 24 heavy (non-hydrogen) atoms. The van der Waals surface area contributed by atoms with Crippen molar-refractivity contribution in [3.63, 3.8) is 0 Å². The molecule has 2 aliphatic rings. The summed E-state index contributed by atoms with van der Waals surface area (Å²) in [5.41, 5.74) is 1.94. The van der Waals surface area contributed by atoms with E-state index in [0.717, 1.165) is 48.9 Å². The number of amides is 1. The van der Waals surface area contributed by atoms with Gasteiger partial charge in [-0.05, 0) is 49.3 Å². The van der Waals surface area contributed by atoms with E-state index in [1.807, 2.05) is 29.2 Å². The molecular formula is C19H28N4O. The van der Waals surface area contributed by atoms with E-state index in [1.165, 1.54) is 12.8 Å². The van der Waals surface area contributed by atoms with Crippen LogP contribution in [-0.2, 0) is 6.54 Å². The number of nitrogens with zero attached hydrogens (tertiary/aromatic N) is 2. The highest BCUT2D eigenvalue weighted by Crippen LogP contribution is 2.28. The van der Waals surface area contributed by atoms with Gasteiger partial charge >= 0.3 is 0 Å². The average molecular weight is 328 g/mol. The Labute approximate surface area is 144 Å². The van der Waals surface area contributed by atoms with Crippen LogP contribution in [0.5, 0.6) is 0 Å². The monoisotopic (exact) mass is 328 g/mol. The highest BCUT2D eigenvalue weighted by Gasteiger charge is 2.33. The summed E-state index contributed by atoms with van der Waals surface area (Å²) in [6, 6.07) is 8.48. The molecule has 1 saturated heterocycles. The first-order valence-corrected chi connectivity index (χ1v) is 9.03. The molecule has 2 atom stereocenters. The molecule has 2 fully saturated rings. The van der Waals surface area contributed by atoms with Crippen LogP contribution in [0.3, 0.4) is 0 Å². The molecule has 1 saturated carbocycles. The Hall–Kier alpha value is -2.04. The van der Waals surface area contributed by atoms with Crippen LogP contribution in [0.1, 0.15) is 48.5 Å². The largest absolute Gasteiger partial charge is 0.353 e. The Morgan fingerprint density at radius 1 is 1.21 bits per heavy atom. The first-order chi connectivity index (χ1) is 11.7. The molecule has 1 aromatic carbocycles. The predicted molar refractivity (Wildman–Crippen MR) is 97.1 cm³/mol. The molecule has 1 amide bonds. The summed E-state index contributed by atoms with van der Waals surface area (Å²) in [6.45, 7) is 4.73. The third-order valence-corrected chi connectivity index (χ3v) is 4.96. The summed E-state index contributed by atoms with van der Waals surface area (Å²) < 4.78 is 0. The number of rotatable bonds is 4. The zero-order chi connectivity index (χ0) is 16.9. The average Bonchev–Trinajstić information content (AvgIpc) is 3.34. The minimum atomic E-state index is 0.161. The molecule has 3 rings (SSSR count). The van der Waals surface area contributed by atoms with Crippen molar-refractivity contribution in [3.05, 3.63) is 35.4 Å². The van der Waals surface area contributed by atoms with Crippen LogP contribution < -0.4 is 10.6 Å². The quantitative estimate of drug-likeness (QED) is 0.659. The topological polar surface area (TPSA) is 56.7 Å². The Morgan fingerprint density at radius 2 is 1.88 bits per heavy atom. The number of piperidine rings is 1. The summed E-state index contributed by atoms with van der Waals surface area (Å²) in [6.07, 6.45) is 4.70. The summed E-state index contributed by atoms with van der Waals surface area (Å²) in [5.74, 6) is 1.75. The molecule has 0 bridgehead atoms. The lowest BCUT2D eigenvalue weighted by Gasteiger charge is -2.26. The third kappa shape index (κ3) is 4.28. The summed E-state index contributed by atoms with van der Waals surface area (Å²) in [5, 5.41) is 6.74. The van der Waals surface area contributed by atoms with E-state index < -0.39 is 0 Å². The second kappa shape index (κ2) is 7.69. The highest BCUT2D eigenvalue weighted by atomic mass is 16.2. The van der Waals surface area contributed by atoms with Crippen molar-refractivity contribution in [2.24, 2.45) is 10.9 Å². The van der Waals surface area contributed by atoms with Gasteiger partial charge in [0.15, 0.2) is 5.96 Å². The Bertz CT molecular complexity index is 590. The standard InChI is InChI=1S/C19H28N4O/c1-14-12-17(14)22-19(20-2)21-13-15-6-8-16(9-7-15)18(24)23-10-4-3-5-11-23/h6-9,14,17H,3-5,10-13H2,1-2H3,(H2,20,21,22). The van der Waals surface area contributed by atoms with Gasteiger partial charge in [0.25, 0.3) is 5.91 Å². The smallest absolute Gasteiger partial charge is 0.253 e. The van der Waals surface area contributed by atoms with Crippen molar-refractivity contribution < 1.29 is 4.79 Å². The number of nitrogens with one attached hydrogen (secondary N) is 2. The molecule has 0 radical (unpaired) electrons. The van der Waals surface area contributed by atoms with Gasteiger partial charge in [0.1, 0.15) is 0 Å². The molecule has 130 valence electrons. The van der Waals surface area contributed by atoms with Gasteiger partial charge < -0.3 is 15.5 Å². The van der Waals surface area contributed by atoms with Crippen LogP contribution in [-0.4, -0.2) is 42.9 Å². The van der Waals surface area contributed by atoms with E-state index in [9.17, 15) is 4.79 Å². The lowest BCUT2D eigenvalue weighted by Crippen LogP contribution is -2.38. The number of carbonyl (C=O) groups excluding carboxylic acids is 1. The fourth-order valence-electron chi connectivity index (χ4n) is 3.12. The number of guanidine groups is 1. The SMILES string of the molecule is CN=C(NCc1ccc(C(=O)N2CCCCC2)cc1)NC1CC1C. The fourth-order valence-corrected chi connectivity index (χ4v) is 3.12. The molecule has 1 heterocycles. The lowest BCUT2D eigenvalue weighted by atomic mass is 10.1. The molecular weight excluding hydrogens is 300 g/mol. The van der Waals surface area contributed by atoms with Crippen molar-refractivity contribution in [2.45, 2.75) is 45.2 Å². The van der Waals surface area contributed by atoms with Gasteiger partial charge in [-0.2, -0.15) is 0 Å². The second-order valence-electron chi connectivity index (χ2n) is 6.94. The van der Waals surface area contributed by atoms with Crippen LogP contribution in [0.4, 0.5) is 0 Å². The lowest BCUT2D eigenvalue weighted by molar-refractivity contribution is 0.0724. The van der Waals surface area contributed by atoms with Crippen molar-refractivity contribution in [2.75, 3.05) is 20.1 Å². The predicted octanol–water partition coefficient (Wildman–Crippen LogP) is 2.39. The van der Waals surface area contributed by atoms with E-state index in [4.69, 9.17) is 0 Å². The highest BCUT2D eigenvalue weighted by molar-refractivity contribution is 5.94. The number of hydrogen-bond donors (Lipinski definition) is 2. The van der Waals surface area contributed by atoms with Gasteiger partial charge in [-0.15, -0.1) is 0 Å². The van der Waals surface area contributed by atoms with E-state index in [2.05, 4.69) is 22.5 Å². The van der Waals surface area contributed by atoms with Crippen molar-refractivity contribution in [3.8, 4) is 0 Å². The molecule has 0 aromatic heterocycles. The molecule has 5 nitrogen and oxygen atoms in total. The number of likely N-dealkylation sites (tertiary alicyclic amines) is 1. The normalized spacial score (nSPS) is 23.8. The molecule has 1 aromatic rings. The second-order valence-corrected chi connectivity index (χ2v) is 6.94. The number of carbonyl (C=O) groups is 1. The van der Waals surface area contributed by atoms with Crippen LogP contribution in [0.15, 0.2) is 29.3 Å². The van der Waals surface area contributed by atoms with Gasteiger partial charge in [-0.3, -0.25) is 9.79 Å². The van der Waals surface area contributed by atoms with Gasteiger partial charge in [0.05, 0.1) is 0 Å². The minimum Gasteiger partial charge on any atom is -0.353 e. The summed E-state index contributed by atoms with van der Waals surface area (Å²) in [7, 11) is 1.79. The van der Waals surface area contributed by atoms with E-state index in [1.54, 1.807) is 7.05 Å². The van der Waals surface area contributed by atoms with Crippen molar-refractivity contribution >= 4 is 11.9 Å². The fraction of sp³-hybridized carbons (Fsp3) is 0.579. The maximum atomic E-state index is 12.5. The first-order valence-electron chi connectivity index (χ1n) is 9.03. The van der Waals surface area contributed by atoms with Gasteiger partial charge in [-0.25, -0.2) is 0 Å². The Morgan fingerprint density at radius 3 is 2.46 bits per heavy atom. The van der Waals surface area contributed by atoms with E-state index >= 15 is 0 Å². The van der Waals surface area contributed by atoms with Crippen LogP contribution >= 0.6 is 0 Å². The third-order valence-electron chi connectivity index (χ3n) is 4.96. The van der Waals surface area contributed by atoms with Crippen LogP contribution in [0.25, 0.3) is 0 Å². The Kier molecular flexibility index (Phi) is 5.38. The zero-order valence-electron chi connectivity index (χ0n) is 14.7.